The van der Waals surface area contributed by atoms with E-state index in [1.165, 1.54) is 12.3 Å². The summed E-state index contributed by atoms with van der Waals surface area (Å²) in [5.74, 6) is -0.150. The second-order valence-electron chi connectivity index (χ2n) is 4.67. The van der Waals surface area contributed by atoms with Gasteiger partial charge in [-0.1, -0.05) is 23.7 Å². The van der Waals surface area contributed by atoms with E-state index < -0.39 is 9.84 Å². The van der Waals surface area contributed by atoms with Gasteiger partial charge in [-0.2, -0.15) is 5.10 Å². The van der Waals surface area contributed by atoms with E-state index in [4.69, 9.17) is 11.6 Å². The van der Waals surface area contributed by atoms with Crippen molar-refractivity contribution in [2.75, 3.05) is 0 Å². The molecule has 2 heterocycles. The van der Waals surface area contributed by atoms with Gasteiger partial charge in [0.2, 0.25) is 9.84 Å². The third-order valence-corrected chi connectivity index (χ3v) is 5.13. The zero-order chi connectivity index (χ0) is 15.6. The Hall–Kier alpha value is -2.18. The van der Waals surface area contributed by atoms with E-state index in [1.54, 1.807) is 29.1 Å². The SMILES string of the molecule is O=S(=O)(Cc1ccc(-n2cccn2)cc1)c1ncccc1Cl. The van der Waals surface area contributed by atoms with Gasteiger partial charge in [-0.3, -0.25) is 0 Å². The Morgan fingerprint density at radius 1 is 1.05 bits per heavy atom. The summed E-state index contributed by atoms with van der Waals surface area (Å²) >= 11 is 5.91. The quantitative estimate of drug-likeness (QED) is 0.736. The summed E-state index contributed by atoms with van der Waals surface area (Å²) in [6.45, 7) is 0. The number of sulfone groups is 1. The highest BCUT2D eigenvalue weighted by atomic mass is 35.5. The van der Waals surface area contributed by atoms with E-state index in [9.17, 15) is 8.42 Å². The van der Waals surface area contributed by atoms with Gasteiger partial charge in [-0.25, -0.2) is 18.1 Å². The highest BCUT2D eigenvalue weighted by molar-refractivity contribution is 7.90. The monoisotopic (exact) mass is 333 g/mol. The summed E-state index contributed by atoms with van der Waals surface area (Å²) in [6, 6.07) is 12.1. The lowest BCUT2D eigenvalue weighted by Gasteiger charge is -2.07. The summed E-state index contributed by atoms with van der Waals surface area (Å²) in [4.78, 5) is 3.87. The van der Waals surface area contributed by atoms with Crippen molar-refractivity contribution < 1.29 is 8.42 Å². The van der Waals surface area contributed by atoms with E-state index in [0.29, 0.717) is 5.56 Å². The number of hydrogen-bond acceptors (Lipinski definition) is 4. The largest absolute Gasteiger partial charge is 0.243 e. The fourth-order valence-electron chi connectivity index (χ4n) is 2.05. The standard InChI is InChI=1S/C15H12ClN3O2S/c16-14-3-1-8-17-15(14)22(20,21)11-12-4-6-13(7-5-12)19-10-2-9-18-19/h1-10H,11H2. The molecule has 0 aliphatic carbocycles. The summed E-state index contributed by atoms with van der Waals surface area (Å²) < 4.78 is 26.4. The highest BCUT2D eigenvalue weighted by Crippen LogP contribution is 2.22. The van der Waals surface area contributed by atoms with Gasteiger partial charge in [0.25, 0.3) is 0 Å². The van der Waals surface area contributed by atoms with Crippen molar-refractivity contribution in [1.29, 1.82) is 0 Å². The van der Waals surface area contributed by atoms with Crippen LogP contribution in [0.3, 0.4) is 0 Å². The minimum absolute atomic E-state index is 0.0900. The molecule has 2 aromatic heterocycles. The van der Waals surface area contributed by atoms with Crippen LogP contribution in [0.4, 0.5) is 0 Å². The number of benzene rings is 1. The Bertz CT molecular complexity index is 875. The summed E-state index contributed by atoms with van der Waals surface area (Å²) in [6.07, 6.45) is 4.92. The molecule has 0 saturated carbocycles. The molecule has 3 aromatic rings. The molecule has 0 bridgehead atoms. The maximum Gasteiger partial charge on any atom is 0.201 e. The van der Waals surface area contributed by atoms with Crippen LogP contribution in [0.25, 0.3) is 5.69 Å². The van der Waals surface area contributed by atoms with Gasteiger partial charge in [0.15, 0.2) is 5.03 Å². The van der Waals surface area contributed by atoms with Crippen molar-refractivity contribution in [1.82, 2.24) is 14.8 Å². The van der Waals surface area contributed by atoms with Gasteiger partial charge in [0, 0.05) is 18.6 Å². The van der Waals surface area contributed by atoms with E-state index in [1.807, 2.05) is 24.4 Å². The van der Waals surface area contributed by atoms with Crippen LogP contribution < -0.4 is 0 Å². The number of rotatable bonds is 4. The lowest BCUT2D eigenvalue weighted by Crippen LogP contribution is -2.08. The first-order valence-electron chi connectivity index (χ1n) is 6.48. The molecule has 0 unspecified atom stereocenters. The highest BCUT2D eigenvalue weighted by Gasteiger charge is 2.20. The van der Waals surface area contributed by atoms with Gasteiger partial charge in [-0.05, 0) is 35.9 Å². The molecule has 0 aliphatic heterocycles. The van der Waals surface area contributed by atoms with Gasteiger partial charge >= 0.3 is 0 Å². The van der Waals surface area contributed by atoms with Crippen LogP contribution in [0.5, 0.6) is 0 Å². The average molecular weight is 334 g/mol. The first kappa shape index (κ1) is 14.7. The lowest BCUT2D eigenvalue weighted by molar-refractivity contribution is 0.591. The first-order chi connectivity index (χ1) is 10.6. The Morgan fingerprint density at radius 2 is 1.82 bits per heavy atom. The van der Waals surface area contributed by atoms with Crippen LogP contribution >= 0.6 is 11.6 Å². The molecule has 1 aromatic carbocycles. The maximum atomic E-state index is 12.4. The normalized spacial score (nSPS) is 11.5. The molecule has 0 fully saturated rings. The minimum atomic E-state index is -3.58. The van der Waals surface area contributed by atoms with E-state index in [-0.39, 0.29) is 15.8 Å². The lowest BCUT2D eigenvalue weighted by atomic mass is 10.2. The van der Waals surface area contributed by atoms with Crippen molar-refractivity contribution in [3.8, 4) is 5.69 Å². The topological polar surface area (TPSA) is 64.8 Å². The fourth-order valence-corrected chi connectivity index (χ4v) is 3.88. The van der Waals surface area contributed by atoms with Crippen molar-refractivity contribution in [2.24, 2.45) is 0 Å². The van der Waals surface area contributed by atoms with Crippen LogP contribution in [0.2, 0.25) is 5.02 Å². The molecule has 22 heavy (non-hydrogen) atoms. The molecule has 0 N–H and O–H groups in total. The number of nitrogens with zero attached hydrogens (tertiary/aromatic N) is 3. The molecule has 0 amide bonds. The minimum Gasteiger partial charge on any atom is -0.243 e. The van der Waals surface area contributed by atoms with Crippen LogP contribution in [-0.4, -0.2) is 23.2 Å². The molecular formula is C15H12ClN3O2S. The van der Waals surface area contributed by atoms with Gasteiger partial charge in [0.1, 0.15) is 0 Å². The molecule has 0 radical (unpaired) electrons. The molecule has 0 atom stereocenters. The van der Waals surface area contributed by atoms with Crippen molar-refractivity contribution in [3.05, 3.63) is 71.6 Å². The predicted octanol–water partition coefficient (Wildman–Crippen LogP) is 2.89. The third-order valence-electron chi connectivity index (χ3n) is 3.08. The van der Waals surface area contributed by atoms with E-state index >= 15 is 0 Å². The van der Waals surface area contributed by atoms with Gasteiger partial charge in [-0.15, -0.1) is 0 Å². The molecule has 0 saturated heterocycles. The van der Waals surface area contributed by atoms with Crippen molar-refractivity contribution >= 4 is 21.4 Å². The zero-order valence-electron chi connectivity index (χ0n) is 11.4. The number of halogens is 1. The van der Waals surface area contributed by atoms with E-state index in [0.717, 1.165) is 5.69 Å². The summed E-state index contributed by atoms with van der Waals surface area (Å²) in [7, 11) is -3.58. The zero-order valence-corrected chi connectivity index (χ0v) is 13.0. The molecular weight excluding hydrogens is 322 g/mol. The first-order valence-corrected chi connectivity index (χ1v) is 8.51. The van der Waals surface area contributed by atoms with Crippen LogP contribution in [-0.2, 0) is 15.6 Å². The molecule has 3 rings (SSSR count). The predicted molar refractivity (Wildman–Crippen MR) is 83.7 cm³/mol. The van der Waals surface area contributed by atoms with Crippen molar-refractivity contribution in [2.45, 2.75) is 10.8 Å². The third kappa shape index (κ3) is 3.03. The Labute approximate surface area is 133 Å². The second-order valence-corrected chi connectivity index (χ2v) is 6.98. The van der Waals surface area contributed by atoms with Crippen LogP contribution in [0.1, 0.15) is 5.56 Å². The number of hydrogen-bond donors (Lipinski definition) is 0. The van der Waals surface area contributed by atoms with Gasteiger partial charge in [0.05, 0.1) is 16.5 Å². The number of aromatic nitrogens is 3. The Kier molecular flexibility index (Phi) is 3.96. The molecule has 0 aliphatic rings. The fraction of sp³-hybridized carbons (Fsp3) is 0.0667. The summed E-state index contributed by atoms with van der Waals surface area (Å²) in [5, 5.41) is 4.17. The number of pyridine rings is 1. The average Bonchev–Trinajstić information content (AvgIpc) is 3.02. The Balaban J connectivity index is 1.86. The van der Waals surface area contributed by atoms with Crippen molar-refractivity contribution in [3.63, 3.8) is 0 Å². The molecule has 112 valence electrons. The summed E-state index contributed by atoms with van der Waals surface area (Å²) in [5.41, 5.74) is 1.53. The van der Waals surface area contributed by atoms with Crippen LogP contribution in [0, 0.1) is 0 Å². The van der Waals surface area contributed by atoms with E-state index in [2.05, 4.69) is 10.1 Å². The Morgan fingerprint density at radius 3 is 2.45 bits per heavy atom. The van der Waals surface area contributed by atoms with Crippen LogP contribution in [0.15, 0.2) is 66.1 Å². The molecule has 7 heteroatoms. The smallest absolute Gasteiger partial charge is 0.201 e. The second kappa shape index (κ2) is 5.90. The molecule has 5 nitrogen and oxygen atoms in total. The maximum absolute atomic E-state index is 12.4. The molecule has 0 spiro atoms. The van der Waals surface area contributed by atoms with Gasteiger partial charge < -0.3 is 0 Å².